The van der Waals surface area contributed by atoms with Crippen LogP contribution in [-0.4, -0.2) is 39.4 Å². The largest absolute Gasteiger partial charge is 0.315 e. The van der Waals surface area contributed by atoms with Gasteiger partial charge in [0.1, 0.15) is 4.90 Å². The minimum Gasteiger partial charge on any atom is -0.315 e. The van der Waals surface area contributed by atoms with Crippen LogP contribution in [0.2, 0.25) is 0 Å². The highest BCUT2D eigenvalue weighted by Crippen LogP contribution is 2.31. The van der Waals surface area contributed by atoms with E-state index in [1.54, 1.807) is 25.2 Å². The fourth-order valence-electron chi connectivity index (χ4n) is 1.54. The van der Waals surface area contributed by atoms with Crippen molar-refractivity contribution < 1.29 is 8.42 Å². The van der Waals surface area contributed by atoms with Gasteiger partial charge in [-0.2, -0.15) is 4.31 Å². The summed E-state index contributed by atoms with van der Waals surface area (Å²) in [6, 6.07) is 5.23. The summed E-state index contributed by atoms with van der Waals surface area (Å²) in [5.41, 5.74) is 0. The average molecular weight is 414 g/mol. The van der Waals surface area contributed by atoms with Crippen LogP contribution in [0.1, 0.15) is 13.3 Å². The summed E-state index contributed by atoms with van der Waals surface area (Å²) in [5.74, 6) is 0. The van der Waals surface area contributed by atoms with E-state index in [4.69, 9.17) is 0 Å². The summed E-state index contributed by atoms with van der Waals surface area (Å²) < 4.78 is 27.4. The third kappa shape index (κ3) is 4.53. The standard InChI is InChI=1S/C12H18Br2N2O2S/c1-3-7-15-8-9-16(2)19(17,18)12-10(13)5-4-6-11(12)14/h4-6,15H,3,7-9H2,1-2H3. The number of halogens is 2. The maximum Gasteiger partial charge on any atom is 0.245 e. The number of hydrogen-bond donors (Lipinski definition) is 1. The van der Waals surface area contributed by atoms with Gasteiger partial charge in [-0.15, -0.1) is 0 Å². The third-order valence-electron chi connectivity index (χ3n) is 2.62. The highest BCUT2D eigenvalue weighted by atomic mass is 79.9. The van der Waals surface area contributed by atoms with E-state index >= 15 is 0 Å². The Hall–Kier alpha value is 0.0500. The molecule has 19 heavy (non-hydrogen) atoms. The second kappa shape index (κ2) is 7.73. The summed E-state index contributed by atoms with van der Waals surface area (Å²) in [6.45, 7) is 4.06. The molecule has 0 aliphatic heterocycles. The van der Waals surface area contributed by atoms with Gasteiger partial charge in [0, 0.05) is 29.1 Å². The molecule has 0 unspecified atom stereocenters. The lowest BCUT2D eigenvalue weighted by Crippen LogP contribution is -2.34. The lowest BCUT2D eigenvalue weighted by molar-refractivity contribution is 0.458. The molecule has 4 nitrogen and oxygen atoms in total. The molecule has 0 fully saturated rings. The number of nitrogens with zero attached hydrogens (tertiary/aromatic N) is 1. The Kier molecular flexibility index (Phi) is 6.96. The van der Waals surface area contributed by atoms with Crippen molar-refractivity contribution in [2.75, 3.05) is 26.7 Å². The molecule has 0 bridgehead atoms. The summed E-state index contributed by atoms with van der Waals surface area (Å²) in [7, 11) is -1.90. The first kappa shape index (κ1) is 17.1. The molecule has 0 saturated carbocycles. The first-order chi connectivity index (χ1) is 8.91. The Labute approximate surface area is 131 Å². The van der Waals surface area contributed by atoms with E-state index in [9.17, 15) is 8.42 Å². The molecule has 0 spiro atoms. The van der Waals surface area contributed by atoms with Crippen molar-refractivity contribution in [3.8, 4) is 0 Å². The van der Waals surface area contributed by atoms with Crippen LogP contribution in [0.25, 0.3) is 0 Å². The summed E-state index contributed by atoms with van der Waals surface area (Å²) in [4.78, 5) is 0.271. The van der Waals surface area contributed by atoms with Crippen molar-refractivity contribution in [3.05, 3.63) is 27.1 Å². The zero-order valence-electron chi connectivity index (χ0n) is 11.0. The van der Waals surface area contributed by atoms with E-state index in [0.29, 0.717) is 22.0 Å². The molecule has 0 atom stereocenters. The molecule has 0 aliphatic carbocycles. The molecular weight excluding hydrogens is 396 g/mol. The monoisotopic (exact) mass is 412 g/mol. The van der Waals surface area contributed by atoms with Crippen LogP contribution in [0.4, 0.5) is 0 Å². The van der Waals surface area contributed by atoms with Crippen molar-refractivity contribution in [2.24, 2.45) is 0 Å². The van der Waals surface area contributed by atoms with E-state index < -0.39 is 10.0 Å². The molecule has 1 N–H and O–H groups in total. The summed E-state index contributed by atoms with van der Waals surface area (Å²) >= 11 is 6.59. The number of rotatable bonds is 7. The van der Waals surface area contributed by atoms with E-state index in [0.717, 1.165) is 13.0 Å². The van der Waals surface area contributed by atoms with E-state index in [-0.39, 0.29) is 4.90 Å². The topological polar surface area (TPSA) is 49.4 Å². The molecule has 1 rings (SSSR count). The minimum atomic E-state index is -3.49. The predicted molar refractivity (Wildman–Crippen MR) is 84.8 cm³/mol. The first-order valence-electron chi connectivity index (χ1n) is 6.02. The van der Waals surface area contributed by atoms with E-state index in [1.807, 2.05) is 0 Å². The van der Waals surface area contributed by atoms with Crippen LogP contribution in [0, 0.1) is 0 Å². The number of likely N-dealkylation sites (N-methyl/N-ethyl adjacent to an activating group) is 1. The number of hydrogen-bond acceptors (Lipinski definition) is 3. The zero-order chi connectivity index (χ0) is 14.5. The lowest BCUT2D eigenvalue weighted by Gasteiger charge is -2.19. The predicted octanol–water partition coefficient (Wildman–Crippen LogP) is 2.83. The van der Waals surface area contributed by atoms with Crippen LogP contribution >= 0.6 is 31.9 Å². The Bertz CT molecular complexity index is 500. The first-order valence-corrected chi connectivity index (χ1v) is 9.05. The molecule has 0 radical (unpaired) electrons. The molecule has 0 saturated heterocycles. The van der Waals surface area contributed by atoms with Crippen molar-refractivity contribution in [1.29, 1.82) is 0 Å². The minimum absolute atomic E-state index is 0.271. The lowest BCUT2D eigenvalue weighted by atomic mass is 10.4. The fourth-order valence-corrected chi connectivity index (χ4v) is 5.04. The molecule has 1 aromatic rings. The van der Waals surface area contributed by atoms with Crippen LogP contribution in [0.3, 0.4) is 0 Å². The average Bonchev–Trinajstić information content (AvgIpc) is 2.33. The van der Waals surface area contributed by atoms with Gasteiger partial charge >= 0.3 is 0 Å². The highest BCUT2D eigenvalue weighted by molar-refractivity contribution is 9.11. The maximum atomic E-state index is 12.5. The third-order valence-corrected chi connectivity index (χ3v) is 6.42. The van der Waals surface area contributed by atoms with Gasteiger partial charge in [-0.25, -0.2) is 8.42 Å². The van der Waals surface area contributed by atoms with Gasteiger partial charge in [0.2, 0.25) is 10.0 Å². The van der Waals surface area contributed by atoms with Gasteiger partial charge in [-0.3, -0.25) is 0 Å². The van der Waals surface area contributed by atoms with Crippen molar-refractivity contribution in [1.82, 2.24) is 9.62 Å². The molecular formula is C12H18Br2N2O2S. The fraction of sp³-hybridized carbons (Fsp3) is 0.500. The quantitative estimate of drug-likeness (QED) is 0.699. The Morgan fingerprint density at radius 3 is 2.32 bits per heavy atom. The number of benzene rings is 1. The van der Waals surface area contributed by atoms with Crippen molar-refractivity contribution >= 4 is 41.9 Å². The second-order valence-corrected chi connectivity index (χ2v) is 7.82. The van der Waals surface area contributed by atoms with E-state index in [1.165, 1.54) is 4.31 Å². The zero-order valence-corrected chi connectivity index (χ0v) is 15.0. The molecule has 0 aliphatic rings. The number of sulfonamides is 1. The van der Waals surface area contributed by atoms with Crippen LogP contribution < -0.4 is 5.32 Å². The summed E-state index contributed by atoms with van der Waals surface area (Å²) in [6.07, 6.45) is 1.03. The molecule has 0 amide bonds. The summed E-state index contributed by atoms with van der Waals surface area (Å²) in [5, 5.41) is 3.19. The van der Waals surface area contributed by atoms with Crippen LogP contribution in [0.15, 0.2) is 32.0 Å². The molecule has 0 heterocycles. The van der Waals surface area contributed by atoms with Gasteiger partial charge in [0.05, 0.1) is 0 Å². The smallest absolute Gasteiger partial charge is 0.245 e. The second-order valence-electron chi connectivity index (χ2n) is 4.13. The van der Waals surface area contributed by atoms with E-state index in [2.05, 4.69) is 44.1 Å². The van der Waals surface area contributed by atoms with Gasteiger partial charge < -0.3 is 5.32 Å². The SMILES string of the molecule is CCCNCCN(C)S(=O)(=O)c1c(Br)cccc1Br. The van der Waals surface area contributed by atoms with Crippen molar-refractivity contribution in [3.63, 3.8) is 0 Å². The highest BCUT2D eigenvalue weighted by Gasteiger charge is 2.25. The molecule has 1 aromatic carbocycles. The van der Waals surface area contributed by atoms with Gasteiger partial charge in [-0.1, -0.05) is 13.0 Å². The van der Waals surface area contributed by atoms with Gasteiger partial charge in [0.25, 0.3) is 0 Å². The molecule has 0 aromatic heterocycles. The van der Waals surface area contributed by atoms with Crippen molar-refractivity contribution in [2.45, 2.75) is 18.2 Å². The van der Waals surface area contributed by atoms with Gasteiger partial charge in [0.15, 0.2) is 0 Å². The van der Waals surface area contributed by atoms with Gasteiger partial charge in [-0.05, 0) is 57.0 Å². The molecule has 108 valence electrons. The maximum absolute atomic E-state index is 12.5. The Balaban J connectivity index is 2.85. The van der Waals surface area contributed by atoms with Crippen LogP contribution in [0.5, 0.6) is 0 Å². The normalized spacial score (nSPS) is 12.1. The van der Waals surface area contributed by atoms with Crippen LogP contribution in [-0.2, 0) is 10.0 Å². The number of nitrogens with one attached hydrogen (secondary N) is 1. The Morgan fingerprint density at radius 2 is 1.79 bits per heavy atom. The Morgan fingerprint density at radius 1 is 1.21 bits per heavy atom. The molecule has 7 heteroatoms.